The molecule has 0 aliphatic rings. The van der Waals surface area contributed by atoms with Gasteiger partial charge in [-0.05, 0) is 68.6 Å². The molecule has 0 fully saturated rings. The maximum atomic E-state index is 9.58. The summed E-state index contributed by atoms with van der Waals surface area (Å²) >= 11 is 6.86. The lowest BCUT2D eigenvalue weighted by molar-refractivity contribution is 0.309. The largest absolute Gasteiger partial charge is 0.493 e. The van der Waals surface area contributed by atoms with Crippen LogP contribution in [0.5, 0.6) is 11.5 Å². The summed E-state index contributed by atoms with van der Waals surface area (Å²) in [5, 5.41) is 9.58. The van der Waals surface area contributed by atoms with Crippen molar-refractivity contribution in [2.45, 2.75) is 6.92 Å². The smallest absolute Gasteiger partial charge is 0.178 e. The van der Waals surface area contributed by atoms with Crippen molar-refractivity contribution in [3.8, 4) is 17.6 Å². The first-order chi connectivity index (χ1) is 12.5. The van der Waals surface area contributed by atoms with E-state index in [1.165, 1.54) is 0 Å². The highest BCUT2D eigenvalue weighted by atomic mass is 79.9. The van der Waals surface area contributed by atoms with Gasteiger partial charge in [-0.2, -0.15) is 5.26 Å². The Hall–Kier alpha value is -2.37. The molecule has 3 rings (SSSR count). The third-order valence-corrected chi connectivity index (χ3v) is 4.55. The summed E-state index contributed by atoms with van der Waals surface area (Å²) in [4.78, 5) is 11.7. The summed E-state index contributed by atoms with van der Waals surface area (Å²) < 4.78 is 12.6. The molecule has 132 valence electrons. The van der Waals surface area contributed by atoms with Crippen molar-refractivity contribution in [2.75, 3.05) is 13.7 Å². The quantitative estimate of drug-likeness (QED) is 0.525. The number of nitrogens with zero attached hydrogens (tertiary/aromatic N) is 3. The molecule has 1 aromatic carbocycles. The highest BCUT2D eigenvalue weighted by Crippen LogP contribution is 2.37. The molecule has 6 nitrogen and oxygen atoms in total. The molecular weight excluding hydrogens is 464 g/mol. The number of H-pyrrole nitrogens is 1. The number of hydrogen-bond acceptors (Lipinski definition) is 5. The second kappa shape index (κ2) is 7.89. The van der Waals surface area contributed by atoms with Gasteiger partial charge < -0.3 is 14.5 Å². The van der Waals surface area contributed by atoms with E-state index in [1.807, 2.05) is 25.1 Å². The number of benzene rings is 1. The molecule has 0 atom stereocenters. The Morgan fingerprint density at radius 1 is 1.35 bits per heavy atom. The summed E-state index contributed by atoms with van der Waals surface area (Å²) in [6, 6.07) is 7.72. The topological polar surface area (TPSA) is 83.8 Å². The molecule has 0 radical (unpaired) electrons. The van der Waals surface area contributed by atoms with Gasteiger partial charge in [0, 0.05) is 10.7 Å². The maximum absolute atomic E-state index is 9.58. The first-order valence-electron chi connectivity index (χ1n) is 7.69. The van der Waals surface area contributed by atoms with E-state index in [4.69, 9.17) is 9.47 Å². The van der Waals surface area contributed by atoms with Gasteiger partial charge in [-0.3, -0.25) is 0 Å². The average Bonchev–Trinajstić information content (AvgIpc) is 3.04. The second-order valence-corrected chi connectivity index (χ2v) is 7.02. The van der Waals surface area contributed by atoms with Gasteiger partial charge in [0.25, 0.3) is 0 Å². The van der Waals surface area contributed by atoms with Crippen molar-refractivity contribution in [3.05, 3.63) is 44.7 Å². The molecule has 1 N–H and O–H groups in total. The number of rotatable bonds is 5. The van der Waals surface area contributed by atoms with Crippen LogP contribution in [0.15, 0.2) is 33.3 Å². The molecule has 0 bridgehead atoms. The third-order valence-electron chi connectivity index (χ3n) is 3.53. The van der Waals surface area contributed by atoms with Gasteiger partial charge in [0.2, 0.25) is 0 Å². The monoisotopic (exact) mass is 476 g/mol. The van der Waals surface area contributed by atoms with E-state index in [1.54, 1.807) is 19.4 Å². The predicted molar refractivity (Wildman–Crippen MR) is 107 cm³/mol. The lowest BCUT2D eigenvalue weighted by Gasteiger charge is -2.12. The van der Waals surface area contributed by atoms with Gasteiger partial charge in [0.05, 0.1) is 29.3 Å². The summed E-state index contributed by atoms with van der Waals surface area (Å²) in [6.07, 6.45) is 3.40. The van der Waals surface area contributed by atoms with Crippen LogP contribution in [0.2, 0.25) is 0 Å². The van der Waals surface area contributed by atoms with Crippen molar-refractivity contribution in [2.24, 2.45) is 0 Å². The van der Waals surface area contributed by atoms with Gasteiger partial charge in [-0.25, -0.2) is 9.97 Å². The van der Waals surface area contributed by atoms with Crippen LogP contribution >= 0.6 is 31.9 Å². The minimum absolute atomic E-state index is 0.386. The molecule has 26 heavy (non-hydrogen) atoms. The number of ether oxygens (including phenoxy) is 2. The fourth-order valence-corrected chi connectivity index (χ4v) is 3.34. The van der Waals surface area contributed by atoms with E-state index >= 15 is 0 Å². The number of nitrogens with one attached hydrogen (secondary N) is 1. The first-order valence-corrected chi connectivity index (χ1v) is 9.28. The van der Waals surface area contributed by atoms with Crippen LogP contribution < -0.4 is 9.47 Å². The van der Waals surface area contributed by atoms with Gasteiger partial charge >= 0.3 is 0 Å². The number of fused-ring (bicyclic) bond motifs is 1. The maximum Gasteiger partial charge on any atom is 0.178 e. The van der Waals surface area contributed by atoms with Crippen molar-refractivity contribution >= 4 is 54.7 Å². The Morgan fingerprint density at radius 2 is 2.15 bits per heavy atom. The van der Waals surface area contributed by atoms with Crippen molar-refractivity contribution in [1.82, 2.24) is 15.0 Å². The van der Waals surface area contributed by atoms with Crippen LogP contribution in [0.4, 0.5) is 0 Å². The molecule has 0 saturated carbocycles. The molecule has 0 aliphatic heterocycles. The molecule has 0 amide bonds. The number of halogens is 2. The average molecular weight is 478 g/mol. The van der Waals surface area contributed by atoms with Crippen LogP contribution in [0, 0.1) is 11.3 Å². The van der Waals surface area contributed by atoms with Crippen LogP contribution in [-0.4, -0.2) is 28.7 Å². The highest BCUT2D eigenvalue weighted by Gasteiger charge is 2.13. The molecule has 2 heterocycles. The number of aromatic nitrogens is 3. The Labute approximate surface area is 167 Å². The number of aromatic amines is 1. The molecular formula is C18H14Br2N4O2. The van der Waals surface area contributed by atoms with Crippen LogP contribution in [0.25, 0.3) is 22.8 Å². The minimum atomic E-state index is 0.386. The van der Waals surface area contributed by atoms with E-state index < -0.39 is 0 Å². The fourth-order valence-electron chi connectivity index (χ4n) is 2.43. The zero-order chi connectivity index (χ0) is 18.7. The molecule has 2 aromatic heterocycles. The van der Waals surface area contributed by atoms with Crippen molar-refractivity contribution in [1.29, 1.82) is 5.26 Å². The highest BCUT2D eigenvalue weighted by molar-refractivity contribution is 9.10. The first kappa shape index (κ1) is 18.4. The Kier molecular flexibility index (Phi) is 5.59. The molecule has 0 unspecified atom stereocenters. The van der Waals surface area contributed by atoms with Gasteiger partial charge in [0.15, 0.2) is 23.0 Å². The van der Waals surface area contributed by atoms with Crippen LogP contribution in [-0.2, 0) is 0 Å². The zero-order valence-electron chi connectivity index (χ0n) is 14.0. The number of allylic oxidation sites excluding steroid dienone is 1. The van der Waals surface area contributed by atoms with Crippen molar-refractivity contribution in [3.63, 3.8) is 0 Å². The van der Waals surface area contributed by atoms with Crippen LogP contribution in [0.3, 0.4) is 0 Å². The molecule has 0 spiro atoms. The number of pyridine rings is 1. The van der Waals surface area contributed by atoms with Gasteiger partial charge in [-0.1, -0.05) is 0 Å². The second-order valence-electron chi connectivity index (χ2n) is 5.25. The van der Waals surface area contributed by atoms with Crippen LogP contribution in [0.1, 0.15) is 18.3 Å². The standard InChI is InChI=1S/C18H14Br2N4O2/c1-3-26-16-13(20)5-10(6-15(16)25-2)4-11(8-21)17-23-14-7-12(19)9-22-18(14)24-17/h4-7,9H,3H2,1-2H3,(H,22,23,24)/b11-4+. The van der Waals surface area contributed by atoms with Gasteiger partial charge in [0.1, 0.15) is 6.07 Å². The van der Waals surface area contributed by atoms with E-state index in [0.717, 1.165) is 20.0 Å². The lowest BCUT2D eigenvalue weighted by Crippen LogP contribution is -1.97. The zero-order valence-corrected chi connectivity index (χ0v) is 17.2. The SMILES string of the molecule is CCOc1c(Br)cc(/C=C(\C#N)c2nc3ncc(Br)cc3[nH]2)cc1OC. The van der Waals surface area contributed by atoms with E-state index in [0.29, 0.717) is 35.2 Å². The van der Waals surface area contributed by atoms with Gasteiger partial charge in [-0.15, -0.1) is 0 Å². The third kappa shape index (κ3) is 3.74. The van der Waals surface area contributed by atoms with E-state index in [9.17, 15) is 5.26 Å². The normalized spacial score (nSPS) is 11.4. The van der Waals surface area contributed by atoms with E-state index in [2.05, 4.69) is 52.9 Å². The minimum Gasteiger partial charge on any atom is -0.493 e. The number of imidazole rings is 1. The lowest BCUT2D eigenvalue weighted by atomic mass is 10.1. The number of methoxy groups -OCH3 is 1. The number of hydrogen-bond donors (Lipinski definition) is 1. The fraction of sp³-hybridized carbons (Fsp3) is 0.167. The Morgan fingerprint density at radius 3 is 2.85 bits per heavy atom. The molecule has 3 aromatic rings. The van der Waals surface area contributed by atoms with E-state index in [-0.39, 0.29) is 0 Å². The summed E-state index contributed by atoms with van der Waals surface area (Å²) in [7, 11) is 1.58. The molecule has 0 saturated heterocycles. The van der Waals surface area contributed by atoms with Crippen molar-refractivity contribution < 1.29 is 9.47 Å². The molecule has 8 heteroatoms. The summed E-state index contributed by atoms with van der Waals surface area (Å²) in [5.41, 5.74) is 2.47. The summed E-state index contributed by atoms with van der Waals surface area (Å²) in [5.74, 6) is 1.67. The predicted octanol–water partition coefficient (Wildman–Crippen LogP) is 4.95. The Bertz CT molecular complexity index is 1040. The Balaban J connectivity index is 2.05. The number of nitriles is 1. The molecule has 0 aliphatic carbocycles. The summed E-state index contributed by atoms with van der Waals surface area (Å²) in [6.45, 7) is 2.43.